The summed E-state index contributed by atoms with van der Waals surface area (Å²) in [5.41, 5.74) is 4.26. The molecular formula is C18H17ClN2O. The van der Waals surface area contributed by atoms with E-state index >= 15 is 0 Å². The van der Waals surface area contributed by atoms with E-state index in [0.29, 0.717) is 18.0 Å². The molecule has 0 aliphatic rings. The molecule has 0 bridgehead atoms. The van der Waals surface area contributed by atoms with Crippen molar-refractivity contribution in [1.29, 1.82) is 0 Å². The molecule has 3 rings (SSSR count). The number of benzene rings is 2. The lowest BCUT2D eigenvalue weighted by molar-refractivity contribution is -0.120. The van der Waals surface area contributed by atoms with E-state index in [1.54, 1.807) is 0 Å². The number of nitrogens with one attached hydrogen (secondary N) is 2. The van der Waals surface area contributed by atoms with E-state index in [9.17, 15) is 4.79 Å². The van der Waals surface area contributed by atoms with Crippen LogP contribution in [-0.4, -0.2) is 10.9 Å². The standard InChI is InChI=1S/C18H17ClN2O/c1-12-2-4-13(5-3-12)10-21-18(22)8-14-11-20-17-7-6-15(19)9-16(14)17/h2-7,9,11,20H,8,10H2,1H3,(H,21,22). The minimum Gasteiger partial charge on any atom is -0.361 e. The number of aromatic amines is 1. The Morgan fingerprint density at radius 2 is 1.95 bits per heavy atom. The quantitative estimate of drug-likeness (QED) is 0.751. The summed E-state index contributed by atoms with van der Waals surface area (Å²) in [6.07, 6.45) is 2.21. The summed E-state index contributed by atoms with van der Waals surface area (Å²) in [4.78, 5) is 15.3. The summed E-state index contributed by atoms with van der Waals surface area (Å²) >= 11 is 6.02. The van der Waals surface area contributed by atoms with E-state index in [0.717, 1.165) is 22.0 Å². The molecule has 1 heterocycles. The topological polar surface area (TPSA) is 44.9 Å². The van der Waals surface area contributed by atoms with E-state index in [1.165, 1.54) is 5.56 Å². The summed E-state index contributed by atoms with van der Waals surface area (Å²) in [5.74, 6) is 0.00134. The van der Waals surface area contributed by atoms with E-state index in [1.807, 2.05) is 55.6 Å². The average molecular weight is 313 g/mol. The van der Waals surface area contributed by atoms with Crippen LogP contribution in [0.2, 0.25) is 5.02 Å². The lowest BCUT2D eigenvalue weighted by Crippen LogP contribution is -2.24. The highest BCUT2D eigenvalue weighted by Crippen LogP contribution is 2.22. The molecule has 0 aliphatic carbocycles. The van der Waals surface area contributed by atoms with E-state index in [-0.39, 0.29) is 5.91 Å². The van der Waals surface area contributed by atoms with Gasteiger partial charge < -0.3 is 10.3 Å². The third kappa shape index (κ3) is 3.31. The Balaban J connectivity index is 1.65. The molecule has 0 fully saturated rings. The number of aryl methyl sites for hydroxylation is 1. The SMILES string of the molecule is Cc1ccc(CNC(=O)Cc2c[nH]c3ccc(Cl)cc23)cc1. The van der Waals surface area contributed by atoms with Crippen LogP contribution in [0.15, 0.2) is 48.7 Å². The normalized spacial score (nSPS) is 10.8. The van der Waals surface area contributed by atoms with Gasteiger partial charge in [-0.25, -0.2) is 0 Å². The van der Waals surface area contributed by atoms with Gasteiger partial charge in [-0.2, -0.15) is 0 Å². The maximum atomic E-state index is 12.1. The Morgan fingerprint density at radius 3 is 2.73 bits per heavy atom. The van der Waals surface area contributed by atoms with E-state index in [2.05, 4.69) is 10.3 Å². The number of amides is 1. The fourth-order valence-electron chi connectivity index (χ4n) is 2.44. The first-order valence-corrected chi connectivity index (χ1v) is 7.57. The summed E-state index contributed by atoms with van der Waals surface area (Å²) in [6.45, 7) is 2.59. The van der Waals surface area contributed by atoms with Gasteiger partial charge in [0.05, 0.1) is 6.42 Å². The van der Waals surface area contributed by atoms with Crippen molar-refractivity contribution in [2.75, 3.05) is 0 Å². The molecule has 4 heteroatoms. The van der Waals surface area contributed by atoms with Crippen molar-refractivity contribution in [3.63, 3.8) is 0 Å². The van der Waals surface area contributed by atoms with Gasteiger partial charge >= 0.3 is 0 Å². The minimum atomic E-state index is 0.00134. The molecule has 2 N–H and O–H groups in total. The summed E-state index contributed by atoms with van der Waals surface area (Å²) in [6, 6.07) is 13.8. The Kier molecular flexibility index (Phi) is 4.16. The van der Waals surface area contributed by atoms with E-state index < -0.39 is 0 Å². The molecule has 22 heavy (non-hydrogen) atoms. The molecule has 1 aromatic heterocycles. The smallest absolute Gasteiger partial charge is 0.224 e. The van der Waals surface area contributed by atoms with Gasteiger partial charge in [-0.05, 0) is 36.2 Å². The summed E-state index contributed by atoms with van der Waals surface area (Å²) < 4.78 is 0. The van der Waals surface area contributed by atoms with Crippen LogP contribution in [0.4, 0.5) is 0 Å². The van der Waals surface area contributed by atoms with Crippen molar-refractivity contribution in [2.24, 2.45) is 0 Å². The number of carbonyl (C=O) groups excluding carboxylic acids is 1. The van der Waals surface area contributed by atoms with Crippen LogP contribution in [0.3, 0.4) is 0 Å². The van der Waals surface area contributed by atoms with Crippen molar-refractivity contribution in [1.82, 2.24) is 10.3 Å². The maximum absolute atomic E-state index is 12.1. The zero-order chi connectivity index (χ0) is 15.5. The van der Waals surface area contributed by atoms with Crippen LogP contribution < -0.4 is 5.32 Å². The third-order valence-corrected chi connectivity index (χ3v) is 3.93. The summed E-state index contributed by atoms with van der Waals surface area (Å²) in [5, 5.41) is 4.62. The lowest BCUT2D eigenvalue weighted by atomic mass is 10.1. The van der Waals surface area contributed by atoms with Gasteiger partial charge in [0.2, 0.25) is 5.91 Å². The van der Waals surface area contributed by atoms with Gasteiger partial charge in [-0.15, -0.1) is 0 Å². The highest BCUT2D eigenvalue weighted by atomic mass is 35.5. The Morgan fingerprint density at radius 1 is 1.18 bits per heavy atom. The lowest BCUT2D eigenvalue weighted by Gasteiger charge is -2.05. The van der Waals surface area contributed by atoms with Gasteiger partial charge in [0.1, 0.15) is 0 Å². The second kappa shape index (κ2) is 6.24. The number of rotatable bonds is 4. The fourth-order valence-corrected chi connectivity index (χ4v) is 2.61. The average Bonchev–Trinajstić information content (AvgIpc) is 2.89. The zero-order valence-electron chi connectivity index (χ0n) is 12.3. The van der Waals surface area contributed by atoms with Gasteiger partial charge in [-0.1, -0.05) is 41.4 Å². The molecule has 0 radical (unpaired) electrons. The van der Waals surface area contributed by atoms with Crippen LogP contribution in [0.5, 0.6) is 0 Å². The highest BCUT2D eigenvalue weighted by molar-refractivity contribution is 6.31. The molecule has 112 valence electrons. The first kappa shape index (κ1) is 14.7. The minimum absolute atomic E-state index is 0.00134. The van der Waals surface area contributed by atoms with Crippen LogP contribution in [-0.2, 0) is 17.8 Å². The van der Waals surface area contributed by atoms with Crippen molar-refractivity contribution >= 4 is 28.4 Å². The second-order valence-corrected chi connectivity index (χ2v) is 5.88. The van der Waals surface area contributed by atoms with Crippen LogP contribution in [0, 0.1) is 6.92 Å². The summed E-state index contributed by atoms with van der Waals surface area (Å²) in [7, 11) is 0. The number of hydrogen-bond acceptors (Lipinski definition) is 1. The third-order valence-electron chi connectivity index (χ3n) is 3.69. The first-order valence-electron chi connectivity index (χ1n) is 7.19. The maximum Gasteiger partial charge on any atom is 0.224 e. The zero-order valence-corrected chi connectivity index (χ0v) is 13.1. The highest BCUT2D eigenvalue weighted by Gasteiger charge is 2.09. The molecule has 0 saturated carbocycles. The molecule has 0 saturated heterocycles. The Labute approximate surface area is 134 Å². The van der Waals surface area contributed by atoms with Crippen LogP contribution >= 0.6 is 11.6 Å². The van der Waals surface area contributed by atoms with Crippen molar-refractivity contribution < 1.29 is 4.79 Å². The Bertz CT molecular complexity index is 806. The molecule has 3 aromatic rings. The predicted octanol–water partition coefficient (Wildman–Crippen LogP) is 3.99. The number of hydrogen-bond donors (Lipinski definition) is 2. The van der Waals surface area contributed by atoms with Gasteiger partial charge in [-0.3, -0.25) is 4.79 Å². The molecule has 3 nitrogen and oxygen atoms in total. The van der Waals surface area contributed by atoms with Crippen LogP contribution in [0.25, 0.3) is 10.9 Å². The van der Waals surface area contributed by atoms with Crippen molar-refractivity contribution in [2.45, 2.75) is 19.9 Å². The van der Waals surface area contributed by atoms with E-state index in [4.69, 9.17) is 11.6 Å². The largest absolute Gasteiger partial charge is 0.361 e. The molecule has 0 atom stereocenters. The number of fused-ring (bicyclic) bond motifs is 1. The number of aromatic nitrogens is 1. The second-order valence-electron chi connectivity index (χ2n) is 5.44. The first-order chi connectivity index (χ1) is 10.6. The predicted molar refractivity (Wildman–Crippen MR) is 90.0 cm³/mol. The van der Waals surface area contributed by atoms with Gasteiger partial charge in [0, 0.05) is 28.7 Å². The van der Waals surface area contributed by atoms with Crippen LogP contribution in [0.1, 0.15) is 16.7 Å². The number of carbonyl (C=O) groups is 1. The molecule has 0 aliphatic heterocycles. The number of H-pyrrole nitrogens is 1. The monoisotopic (exact) mass is 312 g/mol. The Hall–Kier alpha value is -2.26. The number of halogens is 1. The van der Waals surface area contributed by atoms with Gasteiger partial charge in [0.25, 0.3) is 0 Å². The fraction of sp³-hybridized carbons (Fsp3) is 0.167. The van der Waals surface area contributed by atoms with Gasteiger partial charge in [0.15, 0.2) is 0 Å². The molecule has 0 unspecified atom stereocenters. The molecule has 0 spiro atoms. The molecular weight excluding hydrogens is 296 g/mol. The molecule has 2 aromatic carbocycles. The van der Waals surface area contributed by atoms with Crippen molar-refractivity contribution in [3.05, 3.63) is 70.4 Å². The molecule has 1 amide bonds. The van der Waals surface area contributed by atoms with Crippen molar-refractivity contribution in [3.8, 4) is 0 Å².